The minimum Gasteiger partial charge on any atom is -0.478 e. The van der Waals surface area contributed by atoms with Crippen molar-refractivity contribution >= 4 is 23.9 Å². The van der Waals surface area contributed by atoms with Gasteiger partial charge in [0.2, 0.25) is 11.8 Å². The van der Waals surface area contributed by atoms with Gasteiger partial charge in [-0.15, -0.1) is 0 Å². The van der Waals surface area contributed by atoms with Crippen LogP contribution in [0.1, 0.15) is 48.2 Å². The lowest BCUT2D eigenvalue weighted by atomic mass is 10.00. The molecule has 1 atom stereocenters. The highest BCUT2D eigenvalue weighted by molar-refractivity contribution is 8.00. The van der Waals surface area contributed by atoms with E-state index in [1.165, 1.54) is 18.0 Å². The van der Waals surface area contributed by atoms with Crippen LogP contribution in [0.4, 0.5) is 5.95 Å². The van der Waals surface area contributed by atoms with Crippen LogP contribution in [0.3, 0.4) is 0 Å². The zero-order valence-corrected chi connectivity index (χ0v) is 21.2. The van der Waals surface area contributed by atoms with E-state index in [0.29, 0.717) is 35.3 Å². The van der Waals surface area contributed by atoms with Crippen molar-refractivity contribution in [3.63, 3.8) is 0 Å². The normalized spacial score (nSPS) is 12.3. The van der Waals surface area contributed by atoms with Gasteiger partial charge in [-0.05, 0) is 81.8 Å². The predicted molar refractivity (Wildman–Crippen MR) is 139 cm³/mol. The third-order valence-electron chi connectivity index (χ3n) is 5.35. The van der Waals surface area contributed by atoms with Crippen molar-refractivity contribution in [2.45, 2.75) is 57.1 Å². The summed E-state index contributed by atoms with van der Waals surface area (Å²) in [7, 11) is 0. The number of rotatable bonds is 11. The van der Waals surface area contributed by atoms with E-state index in [2.05, 4.69) is 14.7 Å². The molecule has 3 rings (SSSR count). The SMILES string of the molecule is Cc1cccc(C)c1-c1cc(OCC(N)CCC(C)(C)O)nc(NSc2cccc(C(=O)O)c2)n1. The summed E-state index contributed by atoms with van der Waals surface area (Å²) in [5.41, 5.74) is 9.45. The fourth-order valence-corrected chi connectivity index (χ4v) is 4.14. The summed E-state index contributed by atoms with van der Waals surface area (Å²) in [5.74, 6) is -0.285. The summed E-state index contributed by atoms with van der Waals surface area (Å²) >= 11 is 1.21. The second-order valence-corrected chi connectivity index (χ2v) is 10.0. The molecule has 0 aliphatic rings. The number of benzene rings is 2. The number of carboxylic acids is 1. The average Bonchev–Trinajstić information content (AvgIpc) is 2.79. The summed E-state index contributed by atoms with van der Waals surface area (Å²) in [6.07, 6.45) is 1.17. The van der Waals surface area contributed by atoms with E-state index in [4.69, 9.17) is 10.5 Å². The van der Waals surface area contributed by atoms with E-state index in [1.807, 2.05) is 32.0 Å². The van der Waals surface area contributed by atoms with Gasteiger partial charge in [0, 0.05) is 22.6 Å². The molecule has 186 valence electrons. The minimum atomic E-state index is -0.989. The first-order valence-electron chi connectivity index (χ1n) is 11.3. The number of nitrogens with two attached hydrogens (primary N) is 1. The zero-order valence-electron chi connectivity index (χ0n) is 20.4. The molecule has 1 unspecified atom stereocenters. The number of nitrogens with zero attached hydrogens (tertiary/aromatic N) is 2. The van der Waals surface area contributed by atoms with Gasteiger partial charge in [0.1, 0.15) is 6.61 Å². The number of nitrogens with one attached hydrogen (secondary N) is 1. The highest BCUT2D eigenvalue weighted by Gasteiger charge is 2.17. The van der Waals surface area contributed by atoms with Crippen molar-refractivity contribution in [3.05, 3.63) is 65.2 Å². The fraction of sp³-hybridized carbons (Fsp3) is 0.346. The van der Waals surface area contributed by atoms with Gasteiger partial charge in [-0.2, -0.15) is 4.98 Å². The first-order valence-corrected chi connectivity index (χ1v) is 12.2. The molecule has 0 aliphatic carbocycles. The molecule has 0 aliphatic heterocycles. The summed E-state index contributed by atoms with van der Waals surface area (Å²) in [4.78, 5) is 21.2. The molecule has 0 radical (unpaired) electrons. The van der Waals surface area contributed by atoms with E-state index in [1.54, 1.807) is 38.1 Å². The third kappa shape index (κ3) is 7.95. The number of aromatic carboxylic acids is 1. The maximum Gasteiger partial charge on any atom is 0.335 e. The van der Waals surface area contributed by atoms with Gasteiger partial charge in [0.15, 0.2) is 0 Å². The van der Waals surface area contributed by atoms with E-state index in [-0.39, 0.29) is 18.2 Å². The Morgan fingerprint density at radius 3 is 2.49 bits per heavy atom. The van der Waals surface area contributed by atoms with Crippen molar-refractivity contribution in [2.24, 2.45) is 5.73 Å². The van der Waals surface area contributed by atoms with Crippen LogP contribution in [0.2, 0.25) is 0 Å². The number of ether oxygens (including phenoxy) is 1. The molecule has 0 saturated heterocycles. The van der Waals surface area contributed by atoms with Crippen LogP contribution in [-0.2, 0) is 0 Å². The van der Waals surface area contributed by atoms with Crippen LogP contribution >= 0.6 is 11.9 Å². The van der Waals surface area contributed by atoms with Gasteiger partial charge in [-0.1, -0.05) is 24.3 Å². The number of carboxylic acid groups (broad SMARTS) is 1. The Morgan fingerprint density at radius 2 is 1.83 bits per heavy atom. The second-order valence-electron chi connectivity index (χ2n) is 9.14. The molecule has 1 heterocycles. The maximum absolute atomic E-state index is 11.3. The van der Waals surface area contributed by atoms with Gasteiger partial charge in [-0.25, -0.2) is 9.78 Å². The molecule has 5 N–H and O–H groups in total. The number of aliphatic hydroxyl groups is 1. The van der Waals surface area contributed by atoms with Crippen LogP contribution in [-0.4, -0.2) is 44.4 Å². The van der Waals surface area contributed by atoms with Crippen LogP contribution in [0.15, 0.2) is 53.4 Å². The van der Waals surface area contributed by atoms with Crippen molar-refractivity contribution in [2.75, 3.05) is 11.3 Å². The highest BCUT2D eigenvalue weighted by Crippen LogP contribution is 2.30. The standard InChI is InChI=1S/C26H32N4O4S/c1-16-7-5-8-17(2)23(16)21-14-22(34-15-19(27)11-12-26(3,4)33)29-25(28-21)30-35-20-10-6-9-18(13-20)24(31)32/h5-10,13-14,19,33H,11-12,15,27H2,1-4H3,(H,31,32)(H,28,29,30). The molecule has 8 nitrogen and oxygen atoms in total. The summed E-state index contributed by atoms with van der Waals surface area (Å²) in [6, 6.07) is 14.2. The van der Waals surface area contributed by atoms with E-state index in [9.17, 15) is 15.0 Å². The molecular weight excluding hydrogens is 464 g/mol. The van der Waals surface area contributed by atoms with Crippen molar-refractivity contribution in [1.82, 2.24) is 9.97 Å². The van der Waals surface area contributed by atoms with Crippen molar-refractivity contribution < 1.29 is 19.7 Å². The molecule has 9 heteroatoms. The zero-order chi connectivity index (χ0) is 25.6. The monoisotopic (exact) mass is 496 g/mol. The van der Waals surface area contributed by atoms with E-state index < -0.39 is 11.6 Å². The Bertz CT molecular complexity index is 1160. The summed E-state index contributed by atoms with van der Waals surface area (Å²) in [6.45, 7) is 7.80. The number of hydrogen-bond acceptors (Lipinski definition) is 8. The first-order chi connectivity index (χ1) is 16.5. The fourth-order valence-electron chi connectivity index (χ4n) is 3.50. The molecule has 3 aromatic rings. The molecule has 0 saturated carbocycles. The van der Waals surface area contributed by atoms with Crippen LogP contribution in [0, 0.1) is 13.8 Å². The third-order valence-corrected chi connectivity index (χ3v) is 6.13. The van der Waals surface area contributed by atoms with Gasteiger partial charge >= 0.3 is 5.97 Å². The summed E-state index contributed by atoms with van der Waals surface area (Å²) < 4.78 is 9.04. The number of anilines is 1. The van der Waals surface area contributed by atoms with Crippen molar-refractivity contribution in [1.29, 1.82) is 0 Å². The smallest absolute Gasteiger partial charge is 0.335 e. The number of aromatic nitrogens is 2. The Balaban J connectivity index is 1.84. The van der Waals surface area contributed by atoms with Gasteiger partial charge in [-0.3, -0.25) is 4.72 Å². The second kappa shape index (κ2) is 11.5. The number of carbonyl (C=O) groups is 1. The lowest BCUT2D eigenvalue weighted by Crippen LogP contribution is -2.31. The summed E-state index contributed by atoms with van der Waals surface area (Å²) in [5, 5.41) is 19.2. The van der Waals surface area contributed by atoms with Gasteiger partial charge in [0.05, 0.1) is 16.9 Å². The van der Waals surface area contributed by atoms with Crippen LogP contribution < -0.4 is 15.2 Å². The molecule has 35 heavy (non-hydrogen) atoms. The highest BCUT2D eigenvalue weighted by atomic mass is 32.2. The van der Waals surface area contributed by atoms with Gasteiger partial charge < -0.3 is 20.7 Å². The number of aryl methyl sites for hydroxylation is 2. The molecule has 0 bridgehead atoms. The van der Waals surface area contributed by atoms with Crippen LogP contribution in [0.5, 0.6) is 5.88 Å². The average molecular weight is 497 g/mol. The Hall–Kier alpha value is -3.14. The lowest BCUT2D eigenvalue weighted by Gasteiger charge is -2.20. The molecule has 0 fully saturated rings. The first kappa shape index (κ1) is 26.5. The predicted octanol–water partition coefficient (Wildman–Crippen LogP) is 4.84. The molecule has 1 aromatic heterocycles. The Labute approximate surface area is 210 Å². The maximum atomic E-state index is 11.3. The number of hydrogen-bond donors (Lipinski definition) is 4. The molecule has 0 spiro atoms. The molecule has 2 aromatic carbocycles. The lowest BCUT2D eigenvalue weighted by molar-refractivity contribution is 0.0647. The molecule has 0 amide bonds. The topological polar surface area (TPSA) is 131 Å². The Kier molecular flexibility index (Phi) is 8.71. The Morgan fingerprint density at radius 1 is 1.14 bits per heavy atom. The largest absolute Gasteiger partial charge is 0.478 e. The van der Waals surface area contributed by atoms with Gasteiger partial charge in [0.25, 0.3) is 0 Å². The van der Waals surface area contributed by atoms with E-state index in [0.717, 1.165) is 16.7 Å². The van der Waals surface area contributed by atoms with Crippen molar-refractivity contribution in [3.8, 4) is 17.1 Å². The quantitative estimate of drug-likeness (QED) is 0.276. The van der Waals surface area contributed by atoms with Crippen LogP contribution in [0.25, 0.3) is 11.3 Å². The molecular formula is C26H32N4O4S. The van der Waals surface area contributed by atoms with E-state index >= 15 is 0 Å². The minimum absolute atomic E-state index is 0.200.